The van der Waals surface area contributed by atoms with Crippen molar-refractivity contribution < 1.29 is 8.78 Å². The van der Waals surface area contributed by atoms with Gasteiger partial charge in [0, 0.05) is 42.1 Å². The van der Waals surface area contributed by atoms with Gasteiger partial charge in [-0.15, -0.1) is 0 Å². The number of halogens is 2. The summed E-state index contributed by atoms with van der Waals surface area (Å²) in [5, 5.41) is 0. The van der Waals surface area contributed by atoms with E-state index < -0.39 is 11.6 Å². The van der Waals surface area contributed by atoms with Crippen LogP contribution in [0, 0.1) is 18.6 Å². The summed E-state index contributed by atoms with van der Waals surface area (Å²) in [5.41, 5.74) is 1.30. The molecule has 0 saturated carbocycles. The fourth-order valence-corrected chi connectivity index (χ4v) is 2.68. The van der Waals surface area contributed by atoms with Gasteiger partial charge in [-0.05, 0) is 37.1 Å². The Hall–Kier alpha value is -2.89. The highest BCUT2D eigenvalue weighted by Crippen LogP contribution is 2.16. The van der Waals surface area contributed by atoms with E-state index in [1.54, 1.807) is 19.3 Å². The number of hydrogen-bond donors (Lipinski definition) is 1. The number of rotatable bonds is 5. The molecule has 0 saturated heterocycles. The summed E-state index contributed by atoms with van der Waals surface area (Å²) in [6.45, 7) is 1.68. The molecule has 25 heavy (non-hydrogen) atoms. The Morgan fingerprint density at radius 1 is 1.04 bits per heavy atom. The number of hydrogen-bond acceptors (Lipinski definition) is 3. The standard InChI is InChI=1S/C19H17F2N3O/c1-12-14(10-15-16(20)5-2-6-17(15)21)19(25)24-18(23-12)8-7-13-4-3-9-22-11-13/h2-6,9,11H,7-8,10H2,1H3,(H,23,24,25). The summed E-state index contributed by atoms with van der Waals surface area (Å²) in [7, 11) is 0. The van der Waals surface area contributed by atoms with Crippen molar-refractivity contribution in [3.63, 3.8) is 0 Å². The molecule has 0 amide bonds. The lowest BCUT2D eigenvalue weighted by molar-refractivity contribution is 0.560. The molecule has 2 heterocycles. The van der Waals surface area contributed by atoms with Crippen LogP contribution in [0.3, 0.4) is 0 Å². The van der Waals surface area contributed by atoms with Gasteiger partial charge in [-0.3, -0.25) is 9.78 Å². The quantitative estimate of drug-likeness (QED) is 0.776. The van der Waals surface area contributed by atoms with Gasteiger partial charge in [0.15, 0.2) is 0 Å². The van der Waals surface area contributed by atoms with Crippen molar-refractivity contribution in [1.29, 1.82) is 0 Å². The highest BCUT2D eigenvalue weighted by molar-refractivity contribution is 5.29. The van der Waals surface area contributed by atoms with Gasteiger partial charge in [0.1, 0.15) is 17.5 Å². The van der Waals surface area contributed by atoms with Gasteiger partial charge in [-0.2, -0.15) is 0 Å². The van der Waals surface area contributed by atoms with E-state index in [0.29, 0.717) is 24.4 Å². The van der Waals surface area contributed by atoms with Crippen LogP contribution >= 0.6 is 0 Å². The van der Waals surface area contributed by atoms with Crippen LogP contribution < -0.4 is 5.56 Å². The fraction of sp³-hybridized carbons (Fsp3) is 0.211. The van der Waals surface area contributed by atoms with E-state index in [9.17, 15) is 13.6 Å². The summed E-state index contributed by atoms with van der Waals surface area (Å²) in [4.78, 5) is 23.5. The van der Waals surface area contributed by atoms with Crippen LogP contribution in [0.25, 0.3) is 0 Å². The molecule has 0 aliphatic carbocycles. The van der Waals surface area contributed by atoms with E-state index in [1.165, 1.54) is 18.2 Å². The van der Waals surface area contributed by atoms with E-state index in [-0.39, 0.29) is 23.1 Å². The van der Waals surface area contributed by atoms with Gasteiger partial charge < -0.3 is 4.98 Å². The number of pyridine rings is 1. The van der Waals surface area contributed by atoms with Crippen molar-refractivity contribution in [2.75, 3.05) is 0 Å². The van der Waals surface area contributed by atoms with Crippen molar-refractivity contribution in [3.05, 3.63) is 92.9 Å². The molecule has 0 aliphatic rings. The second-order valence-corrected chi connectivity index (χ2v) is 5.81. The largest absolute Gasteiger partial charge is 0.310 e. The average molecular weight is 341 g/mol. The molecule has 1 N–H and O–H groups in total. The first-order valence-electron chi connectivity index (χ1n) is 7.95. The summed E-state index contributed by atoms with van der Waals surface area (Å²) in [5.74, 6) is -0.789. The van der Waals surface area contributed by atoms with Crippen molar-refractivity contribution in [2.45, 2.75) is 26.2 Å². The number of aryl methyl sites for hydroxylation is 3. The smallest absolute Gasteiger partial charge is 0.254 e. The van der Waals surface area contributed by atoms with Crippen molar-refractivity contribution in [3.8, 4) is 0 Å². The van der Waals surface area contributed by atoms with E-state index in [1.807, 2.05) is 12.1 Å². The molecule has 3 rings (SSSR count). The van der Waals surface area contributed by atoms with Crippen LogP contribution in [0.2, 0.25) is 0 Å². The minimum atomic E-state index is -0.667. The molecule has 0 aliphatic heterocycles. The van der Waals surface area contributed by atoms with Gasteiger partial charge >= 0.3 is 0 Å². The fourth-order valence-electron chi connectivity index (χ4n) is 2.68. The van der Waals surface area contributed by atoms with E-state index in [4.69, 9.17) is 0 Å². The number of nitrogens with zero attached hydrogens (tertiary/aromatic N) is 2. The van der Waals surface area contributed by atoms with Crippen molar-refractivity contribution in [2.24, 2.45) is 0 Å². The minimum Gasteiger partial charge on any atom is -0.310 e. The lowest BCUT2D eigenvalue weighted by Gasteiger charge is -2.09. The van der Waals surface area contributed by atoms with Crippen LogP contribution in [0.1, 0.15) is 28.2 Å². The molecular formula is C19H17F2N3O. The Morgan fingerprint density at radius 2 is 1.80 bits per heavy atom. The van der Waals surface area contributed by atoms with Gasteiger partial charge in [0.05, 0.1) is 0 Å². The molecule has 6 heteroatoms. The predicted octanol–water partition coefficient (Wildman–Crippen LogP) is 3.13. The number of aromatic amines is 1. The number of H-pyrrole nitrogens is 1. The summed E-state index contributed by atoms with van der Waals surface area (Å²) in [6.07, 6.45) is 4.58. The summed E-state index contributed by atoms with van der Waals surface area (Å²) < 4.78 is 27.6. The third-order valence-electron chi connectivity index (χ3n) is 4.06. The maximum absolute atomic E-state index is 13.8. The molecule has 3 aromatic rings. The van der Waals surface area contributed by atoms with Crippen LogP contribution in [0.4, 0.5) is 8.78 Å². The number of nitrogens with one attached hydrogen (secondary N) is 1. The zero-order valence-electron chi connectivity index (χ0n) is 13.7. The predicted molar refractivity (Wildman–Crippen MR) is 90.4 cm³/mol. The van der Waals surface area contributed by atoms with E-state index >= 15 is 0 Å². The monoisotopic (exact) mass is 341 g/mol. The van der Waals surface area contributed by atoms with Crippen LogP contribution in [0.15, 0.2) is 47.5 Å². The summed E-state index contributed by atoms with van der Waals surface area (Å²) >= 11 is 0. The third kappa shape index (κ3) is 3.96. The molecule has 1 aromatic carbocycles. The topological polar surface area (TPSA) is 58.6 Å². The van der Waals surface area contributed by atoms with Crippen LogP contribution in [-0.4, -0.2) is 15.0 Å². The SMILES string of the molecule is Cc1nc(CCc2cccnc2)[nH]c(=O)c1Cc1c(F)cccc1F. The molecule has 0 spiro atoms. The molecule has 0 fully saturated rings. The number of benzene rings is 1. The third-order valence-corrected chi connectivity index (χ3v) is 4.06. The molecule has 4 nitrogen and oxygen atoms in total. The number of aromatic nitrogens is 3. The summed E-state index contributed by atoms with van der Waals surface area (Å²) in [6, 6.07) is 7.45. The Morgan fingerprint density at radius 3 is 2.44 bits per heavy atom. The Labute approximate surface area is 143 Å². The van der Waals surface area contributed by atoms with Gasteiger partial charge in [-0.25, -0.2) is 13.8 Å². The zero-order valence-corrected chi connectivity index (χ0v) is 13.7. The van der Waals surface area contributed by atoms with Gasteiger partial charge in [-0.1, -0.05) is 12.1 Å². The molecule has 128 valence electrons. The molecule has 0 radical (unpaired) electrons. The Bertz CT molecular complexity index is 919. The molecular weight excluding hydrogens is 324 g/mol. The average Bonchev–Trinajstić information content (AvgIpc) is 2.59. The van der Waals surface area contributed by atoms with Crippen LogP contribution in [0.5, 0.6) is 0 Å². The normalized spacial score (nSPS) is 10.8. The first-order valence-corrected chi connectivity index (χ1v) is 7.95. The van der Waals surface area contributed by atoms with E-state index in [0.717, 1.165) is 5.56 Å². The zero-order chi connectivity index (χ0) is 17.8. The first kappa shape index (κ1) is 17.0. The van der Waals surface area contributed by atoms with Crippen molar-refractivity contribution in [1.82, 2.24) is 15.0 Å². The molecule has 0 bridgehead atoms. The van der Waals surface area contributed by atoms with Crippen LogP contribution in [-0.2, 0) is 19.3 Å². The molecule has 2 aromatic heterocycles. The lowest BCUT2D eigenvalue weighted by atomic mass is 10.0. The second kappa shape index (κ2) is 7.34. The van der Waals surface area contributed by atoms with Gasteiger partial charge in [0.2, 0.25) is 0 Å². The Balaban J connectivity index is 1.82. The second-order valence-electron chi connectivity index (χ2n) is 5.81. The minimum absolute atomic E-state index is 0.124. The highest BCUT2D eigenvalue weighted by Gasteiger charge is 2.15. The lowest BCUT2D eigenvalue weighted by Crippen LogP contribution is -2.20. The van der Waals surface area contributed by atoms with Crippen molar-refractivity contribution >= 4 is 0 Å². The van der Waals surface area contributed by atoms with Gasteiger partial charge in [0.25, 0.3) is 5.56 Å². The van der Waals surface area contributed by atoms with E-state index in [2.05, 4.69) is 15.0 Å². The molecule has 0 unspecified atom stereocenters. The Kier molecular flexibility index (Phi) is 4.97. The first-order chi connectivity index (χ1) is 12.0. The maximum atomic E-state index is 13.8. The highest BCUT2D eigenvalue weighted by atomic mass is 19.1. The maximum Gasteiger partial charge on any atom is 0.254 e. The molecule has 0 atom stereocenters.